The van der Waals surface area contributed by atoms with Gasteiger partial charge in [-0.3, -0.25) is 4.79 Å². The number of primary amides is 1. The summed E-state index contributed by atoms with van der Waals surface area (Å²) in [5.41, 5.74) is 12.5. The van der Waals surface area contributed by atoms with Gasteiger partial charge in [-0.15, -0.1) is 0 Å². The highest BCUT2D eigenvalue weighted by Crippen LogP contribution is 2.35. The number of nitrogens with two attached hydrogens (primary N) is 2. The maximum Gasteiger partial charge on any atom is 0.217 e. The first-order valence-electron chi connectivity index (χ1n) is 7.01. The number of benzene rings is 2. The SMILES string of the molecule is CC(C)(CC(N)=O)CC(N)c1ccc(Cl)c2ccccc12. The Morgan fingerprint density at radius 3 is 2.43 bits per heavy atom. The van der Waals surface area contributed by atoms with Gasteiger partial charge in [0.2, 0.25) is 5.91 Å². The van der Waals surface area contributed by atoms with E-state index in [1.165, 1.54) is 0 Å². The minimum atomic E-state index is -0.298. The lowest BCUT2D eigenvalue weighted by molar-refractivity contribution is -0.120. The van der Waals surface area contributed by atoms with Crippen LogP contribution < -0.4 is 11.5 Å². The van der Waals surface area contributed by atoms with Gasteiger partial charge in [-0.2, -0.15) is 0 Å². The summed E-state index contributed by atoms with van der Waals surface area (Å²) in [5.74, 6) is -0.298. The van der Waals surface area contributed by atoms with Crippen LogP contribution in [-0.4, -0.2) is 5.91 Å². The Bertz CT molecular complexity index is 667. The lowest BCUT2D eigenvalue weighted by Gasteiger charge is -2.27. The average Bonchev–Trinajstić information content (AvgIpc) is 2.37. The third-order valence-electron chi connectivity index (χ3n) is 3.73. The Hall–Kier alpha value is -1.58. The second-order valence-electron chi connectivity index (χ2n) is 6.30. The van der Waals surface area contributed by atoms with Gasteiger partial charge in [-0.25, -0.2) is 0 Å². The molecule has 0 bridgehead atoms. The van der Waals surface area contributed by atoms with E-state index < -0.39 is 0 Å². The first-order valence-corrected chi connectivity index (χ1v) is 7.39. The molecule has 0 fully saturated rings. The molecule has 4 N–H and O–H groups in total. The number of fused-ring (bicyclic) bond motifs is 1. The average molecular weight is 305 g/mol. The second kappa shape index (κ2) is 6.04. The number of rotatable bonds is 5. The van der Waals surface area contributed by atoms with E-state index in [1.54, 1.807) is 0 Å². The molecule has 0 saturated carbocycles. The molecule has 1 atom stereocenters. The van der Waals surface area contributed by atoms with Crippen LogP contribution in [0.15, 0.2) is 36.4 Å². The number of carbonyl (C=O) groups excluding carboxylic acids is 1. The Morgan fingerprint density at radius 1 is 1.19 bits per heavy atom. The van der Waals surface area contributed by atoms with Crippen LogP contribution in [-0.2, 0) is 4.79 Å². The van der Waals surface area contributed by atoms with Crippen LogP contribution in [0.1, 0.15) is 38.3 Å². The summed E-state index contributed by atoms with van der Waals surface area (Å²) < 4.78 is 0. The third-order valence-corrected chi connectivity index (χ3v) is 4.06. The molecule has 4 heteroatoms. The van der Waals surface area contributed by atoms with Crippen molar-refractivity contribution >= 4 is 28.3 Å². The van der Waals surface area contributed by atoms with E-state index in [2.05, 4.69) is 0 Å². The molecule has 1 amide bonds. The zero-order valence-electron chi connectivity index (χ0n) is 12.4. The highest BCUT2D eigenvalue weighted by Gasteiger charge is 2.25. The molecule has 0 aromatic heterocycles. The molecule has 3 nitrogen and oxygen atoms in total. The summed E-state index contributed by atoms with van der Waals surface area (Å²) in [7, 11) is 0. The van der Waals surface area contributed by atoms with Gasteiger partial charge < -0.3 is 11.5 Å². The zero-order valence-corrected chi connectivity index (χ0v) is 13.2. The minimum absolute atomic E-state index is 0.165. The summed E-state index contributed by atoms with van der Waals surface area (Å²) in [4.78, 5) is 11.2. The molecule has 1 unspecified atom stereocenters. The number of hydrogen-bond donors (Lipinski definition) is 2. The molecule has 0 saturated heterocycles. The largest absolute Gasteiger partial charge is 0.370 e. The molecule has 0 aliphatic heterocycles. The van der Waals surface area contributed by atoms with Gasteiger partial charge in [0.05, 0.1) is 0 Å². The number of carbonyl (C=O) groups is 1. The molecule has 0 aliphatic rings. The van der Waals surface area contributed by atoms with Crippen molar-refractivity contribution in [2.24, 2.45) is 16.9 Å². The monoisotopic (exact) mass is 304 g/mol. The van der Waals surface area contributed by atoms with Crippen molar-refractivity contribution in [2.75, 3.05) is 0 Å². The lowest BCUT2D eigenvalue weighted by Crippen LogP contribution is -2.27. The number of halogens is 1. The van der Waals surface area contributed by atoms with E-state index in [1.807, 2.05) is 50.2 Å². The van der Waals surface area contributed by atoms with Gasteiger partial charge in [-0.1, -0.05) is 55.8 Å². The normalized spacial score (nSPS) is 13.3. The lowest BCUT2D eigenvalue weighted by atomic mass is 9.80. The van der Waals surface area contributed by atoms with Crippen LogP contribution in [0.4, 0.5) is 0 Å². The number of amides is 1. The Kier molecular flexibility index (Phi) is 4.55. The molecule has 0 spiro atoms. The fourth-order valence-corrected chi connectivity index (χ4v) is 3.09. The van der Waals surface area contributed by atoms with E-state index in [0.717, 1.165) is 21.4 Å². The summed E-state index contributed by atoms with van der Waals surface area (Å²) in [6, 6.07) is 11.6. The Morgan fingerprint density at radius 2 is 1.81 bits per heavy atom. The van der Waals surface area contributed by atoms with Crippen LogP contribution in [0.25, 0.3) is 10.8 Å². The van der Waals surface area contributed by atoms with Gasteiger partial charge in [0, 0.05) is 22.9 Å². The predicted molar refractivity (Wildman–Crippen MR) is 88.1 cm³/mol. The van der Waals surface area contributed by atoms with Crippen molar-refractivity contribution in [3.8, 4) is 0 Å². The smallest absolute Gasteiger partial charge is 0.217 e. The van der Waals surface area contributed by atoms with E-state index in [-0.39, 0.29) is 17.4 Å². The first kappa shape index (κ1) is 15.8. The van der Waals surface area contributed by atoms with Crippen molar-refractivity contribution < 1.29 is 4.79 Å². The molecular formula is C17H21ClN2O. The molecule has 112 valence electrons. The van der Waals surface area contributed by atoms with Crippen molar-refractivity contribution in [2.45, 2.75) is 32.7 Å². The van der Waals surface area contributed by atoms with Crippen molar-refractivity contribution in [1.29, 1.82) is 0 Å². The zero-order chi connectivity index (χ0) is 15.6. The van der Waals surface area contributed by atoms with E-state index in [9.17, 15) is 4.79 Å². The molecule has 2 aromatic carbocycles. The van der Waals surface area contributed by atoms with Gasteiger partial charge in [0.15, 0.2) is 0 Å². The van der Waals surface area contributed by atoms with Crippen LogP contribution in [0.3, 0.4) is 0 Å². The van der Waals surface area contributed by atoms with Crippen LogP contribution in [0.2, 0.25) is 5.02 Å². The maximum atomic E-state index is 11.2. The summed E-state index contributed by atoms with van der Waals surface area (Å²) in [6.45, 7) is 4.02. The Labute approximate surface area is 130 Å². The predicted octanol–water partition coefficient (Wildman–Crippen LogP) is 3.78. The first-order chi connectivity index (χ1) is 9.80. The second-order valence-corrected chi connectivity index (χ2v) is 6.71. The van der Waals surface area contributed by atoms with Crippen molar-refractivity contribution in [3.63, 3.8) is 0 Å². The fourth-order valence-electron chi connectivity index (χ4n) is 2.86. The van der Waals surface area contributed by atoms with Gasteiger partial charge in [0.1, 0.15) is 0 Å². The van der Waals surface area contributed by atoms with Crippen LogP contribution >= 0.6 is 11.6 Å². The topological polar surface area (TPSA) is 69.1 Å². The van der Waals surface area contributed by atoms with E-state index in [4.69, 9.17) is 23.1 Å². The Balaban J connectivity index is 2.34. The van der Waals surface area contributed by atoms with Gasteiger partial charge in [0.25, 0.3) is 0 Å². The molecule has 0 heterocycles. The highest BCUT2D eigenvalue weighted by atomic mass is 35.5. The van der Waals surface area contributed by atoms with Crippen molar-refractivity contribution in [1.82, 2.24) is 0 Å². The fraction of sp³-hybridized carbons (Fsp3) is 0.353. The van der Waals surface area contributed by atoms with E-state index in [0.29, 0.717) is 12.8 Å². The highest BCUT2D eigenvalue weighted by molar-refractivity contribution is 6.35. The van der Waals surface area contributed by atoms with Gasteiger partial charge in [-0.05, 0) is 28.9 Å². The number of hydrogen-bond acceptors (Lipinski definition) is 2. The summed E-state index contributed by atoms with van der Waals surface area (Å²) in [5, 5.41) is 2.78. The molecular weight excluding hydrogens is 284 g/mol. The standard InChI is InChI=1S/C17H21ClN2O/c1-17(2,10-16(20)21)9-15(19)13-7-8-14(18)12-6-4-3-5-11(12)13/h3-8,15H,9-10,19H2,1-2H3,(H2,20,21). The molecule has 0 radical (unpaired) electrons. The molecule has 2 rings (SSSR count). The summed E-state index contributed by atoms with van der Waals surface area (Å²) in [6.07, 6.45) is 1.01. The minimum Gasteiger partial charge on any atom is -0.370 e. The molecule has 21 heavy (non-hydrogen) atoms. The third kappa shape index (κ3) is 3.74. The summed E-state index contributed by atoms with van der Waals surface area (Å²) >= 11 is 6.23. The maximum absolute atomic E-state index is 11.2. The quantitative estimate of drug-likeness (QED) is 0.882. The van der Waals surface area contributed by atoms with Crippen LogP contribution in [0, 0.1) is 5.41 Å². The van der Waals surface area contributed by atoms with Gasteiger partial charge >= 0.3 is 0 Å². The van der Waals surface area contributed by atoms with Crippen molar-refractivity contribution in [3.05, 3.63) is 47.0 Å². The van der Waals surface area contributed by atoms with E-state index >= 15 is 0 Å². The molecule has 0 aliphatic carbocycles. The van der Waals surface area contributed by atoms with Crippen LogP contribution in [0.5, 0.6) is 0 Å². The molecule has 2 aromatic rings.